The predicted octanol–water partition coefficient (Wildman–Crippen LogP) is 5.04. The van der Waals surface area contributed by atoms with Crippen molar-refractivity contribution in [1.82, 2.24) is 0 Å². The summed E-state index contributed by atoms with van der Waals surface area (Å²) in [4.78, 5) is 1.44. The summed E-state index contributed by atoms with van der Waals surface area (Å²) in [5.74, 6) is 0.724. The van der Waals surface area contributed by atoms with Gasteiger partial charge in [0.15, 0.2) is 0 Å². The van der Waals surface area contributed by atoms with Gasteiger partial charge in [-0.15, -0.1) is 11.3 Å². The molecule has 0 aromatic carbocycles. The molecule has 0 radical (unpaired) electrons. The van der Waals surface area contributed by atoms with Gasteiger partial charge in [-0.3, -0.25) is 0 Å². The summed E-state index contributed by atoms with van der Waals surface area (Å²) < 4.78 is 0. The molecular weight excluding hydrogens is 240 g/mol. The fourth-order valence-corrected chi connectivity index (χ4v) is 3.20. The molecule has 18 heavy (non-hydrogen) atoms. The number of hydrogen-bond acceptors (Lipinski definition) is 2. The molecule has 1 N–H and O–H groups in total. The van der Waals surface area contributed by atoms with Crippen LogP contribution in [0.15, 0.2) is 17.5 Å². The van der Waals surface area contributed by atoms with Crippen LogP contribution in [-0.2, 0) is 6.42 Å². The van der Waals surface area contributed by atoms with Crippen LogP contribution in [0.4, 0.5) is 0 Å². The summed E-state index contributed by atoms with van der Waals surface area (Å²) in [5.41, 5.74) is 0. The van der Waals surface area contributed by atoms with E-state index in [1.165, 1.54) is 30.6 Å². The Hall–Kier alpha value is -0.340. The zero-order valence-corrected chi connectivity index (χ0v) is 12.7. The van der Waals surface area contributed by atoms with Gasteiger partial charge in [0.25, 0.3) is 0 Å². The smallest absolute Gasteiger partial charge is 0.0543 e. The van der Waals surface area contributed by atoms with E-state index in [0.29, 0.717) is 0 Å². The Kier molecular flexibility index (Phi) is 8.36. The van der Waals surface area contributed by atoms with E-state index in [4.69, 9.17) is 0 Å². The van der Waals surface area contributed by atoms with Gasteiger partial charge in [-0.1, -0.05) is 45.6 Å². The molecule has 0 aliphatic rings. The molecule has 1 nitrogen and oxygen atoms in total. The summed E-state index contributed by atoms with van der Waals surface area (Å²) in [6.45, 7) is 4.49. The van der Waals surface area contributed by atoms with E-state index in [0.717, 1.165) is 31.6 Å². The topological polar surface area (TPSA) is 20.2 Å². The van der Waals surface area contributed by atoms with E-state index in [2.05, 4.69) is 31.4 Å². The molecule has 1 aromatic heterocycles. The van der Waals surface area contributed by atoms with Gasteiger partial charge in [0.2, 0.25) is 0 Å². The lowest BCUT2D eigenvalue weighted by molar-refractivity contribution is 0.126. The van der Waals surface area contributed by atoms with E-state index in [1.54, 1.807) is 0 Å². The lowest BCUT2D eigenvalue weighted by atomic mass is 9.91. The molecule has 0 bridgehead atoms. The normalized spacial score (nSPS) is 14.6. The van der Waals surface area contributed by atoms with Gasteiger partial charge in [-0.2, -0.15) is 0 Å². The molecule has 2 atom stereocenters. The highest BCUT2D eigenvalue weighted by Gasteiger charge is 2.12. The van der Waals surface area contributed by atoms with Crippen LogP contribution in [0.25, 0.3) is 0 Å². The zero-order chi connectivity index (χ0) is 13.2. The molecule has 0 aliphatic heterocycles. The van der Waals surface area contributed by atoms with E-state index in [-0.39, 0.29) is 6.10 Å². The maximum atomic E-state index is 10.1. The minimum atomic E-state index is -0.0910. The Morgan fingerprint density at radius 1 is 1.22 bits per heavy atom. The molecule has 1 heterocycles. The zero-order valence-electron chi connectivity index (χ0n) is 11.9. The number of aliphatic hydroxyl groups is 1. The van der Waals surface area contributed by atoms with Crippen LogP contribution >= 0.6 is 11.3 Å². The van der Waals surface area contributed by atoms with E-state index >= 15 is 0 Å². The summed E-state index contributed by atoms with van der Waals surface area (Å²) in [5, 5.41) is 12.2. The second-order valence-corrected chi connectivity index (χ2v) is 6.31. The van der Waals surface area contributed by atoms with Crippen LogP contribution in [-0.4, -0.2) is 11.2 Å². The van der Waals surface area contributed by atoms with Crippen LogP contribution in [0, 0.1) is 5.92 Å². The third-order valence-corrected chi connectivity index (χ3v) is 4.63. The van der Waals surface area contributed by atoms with Crippen LogP contribution in [0.1, 0.15) is 63.7 Å². The van der Waals surface area contributed by atoms with Crippen LogP contribution < -0.4 is 0 Å². The Labute approximate surface area is 116 Å². The first-order valence-corrected chi connectivity index (χ1v) is 8.34. The van der Waals surface area contributed by atoms with E-state index < -0.39 is 0 Å². The molecule has 104 valence electrons. The number of rotatable bonds is 10. The van der Waals surface area contributed by atoms with Gasteiger partial charge in [0, 0.05) is 4.88 Å². The van der Waals surface area contributed by atoms with E-state index in [1.807, 2.05) is 11.3 Å². The summed E-state index contributed by atoms with van der Waals surface area (Å²) in [6, 6.07) is 4.29. The molecule has 2 unspecified atom stereocenters. The highest BCUT2D eigenvalue weighted by atomic mass is 32.1. The molecule has 0 fully saturated rings. The molecule has 0 amide bonds. The Balaban J connectivity index is 2.13. The standard InChI is InChI=1S/C16H28OS/c1-3-5-8-14(4-2)13-15(17)9-6-10-16-11-7-12-18-16/h7,11-12,14-15,17H,3-6,8-10,13H2,1-2H3. The Morgan fingerprint density at radius 3 is 2.67 bits per heavy atom. The second kappa shape index (κ2) is 9.57. The highest BCUT2D eigenvalue weighted by molar-refractivity contribution is 7.09. The van der Waals surface area contributed by atoms with Gasteiger partial charge in [0.1, 0.15) is 0 Å². The number of thiophene rings is 1. The van der Waals surface area contributed by atoms with Gasteiger partial charge in [-0.25, -0.2) is 0 Å². The fraction of sp³-hybridized carbons (Fsp3) is 0.750. The summed E-state index contributed by atoms with van der Waals surface area (Å²) in [6.07, 6.45) is 9.18. The van der Waals surface area contributed by atoms with Crippen molar-refractivity contribution in [1.29, 1.82) is 0 Å². The van der Waals surface area contributed by atoms with E-state index in [9.17, 15) is 5.11 Å². The summed E-state index contributed by atoms with van der Waals surface area (Å²) >= 11 is 1.82. The van der Waals surface area contributed by atoms with Crippen molar-refractivity contribution in [2.24, 2.45) is 5.92 Å². The van der Waals surface area contributed by atoms with Crippen molar-refractivity contribution in [2.75, 3.05) is 0 Å². The monoisotopic (exact) mass is 268 g/mol. The molecule has 1 rings (SSSR count). The predicted molar refractivity (Wildman–Crippen MR) is 81.2 cm³/mol. The quantitative estimate of drug-likeness (QED) is 0.630. The first-order valence-electron chi connectivity index (χ1n) is 7.46. The molecule has 0 saturated carbocycles. The van der Waals surface area contributed by atoms with Crippen molar-refractivity contribution >= 4 is 11.3 Å². The van der Waals surface area contributed by atoms with Crippen LogP contribution in [0.5, 0.6) is 0 Å². The van der Waals surface area contributed by atoms with Crippen molar-refractivity contribution in [3.05, 3.63) is 22.4 Å². The van der Waals surface area contributed by atoms with Crippen molar-refractivity contribution in [2.45, 2.75) is 71.3 Å². The lowest BCUT2D eigenvalue weighted by Gasteiger charge is -2.18. The largest absolute Gasteiger partial charge is 0.393 e. The molecule has 2 heteroatoms. The average molecular weight is 268 g/mol. The van der Waals surface area contributed by atoms with Crippen molar-refractivity contribution in [3.8, 4) is 0 Å². The average Bonchev–Trinajstić information content (AvgIpc) is 2.87. The summed E-state index contributed by atoms with van der Waals surface area (Å²) in [7, 11) is 0. The minimum absolute atomic E-state index is 0.0910. The Bertz CT molecular complexity index is 281. The highest BCUT2D eigenvalue weighted by Crippen LogP contribution is 2.21. The Morgan fingerprint density at radius 2 is 2.06 bits per heavy atom. The molecular formula is C16H28OS. The second-order valence-electron chi connectivity index (χ2n) is 5.28. The molecule has 0 spiro atoms. The maximum Gasteiger partial charge on any atom is 0.0543 e. The van der Waals surface area contributed by atoms with Gasteiger partial charge in [0.05, 0.1) is 6.10 Å². The molecule has 0 saturated heterocycles. The SMILES string of the molecule is CCCCC(CC)CC(O)CCCc1cccs1. The van der Waals surface area contributed by atoms with Crippen molar-refractivity contribution in [3.63, 3.8) is 0 Å². The first kappa shape index (κ1) is 15.7. The maximum absolute atomic E-state index is 10.1. The van der Waals surface area contributed by atoms with Gasteiger partial charge >= 0.3 is 0 Å². The number of aliphatic hydroxyl groups excluding tert-OH is 1. The molecule has 0 aliphatic carbocycles. The third-order valence-electron chi connectivity index (χ3n) is 3.69. The lowest BCUT2D eigenvalue weighted by Crippen LogP contribution is -2.13. The third kappa shape index (κ3) is 6.55. The van der Waals surface area contributed by atoms with Crippen molar-refractivity contribution < 1.29 is 5.11 Å². The van der Waals surface area contributed by atoms with Gasteiger partial charge in [-0.05, 0) is 43.0 Å². The number of unbranched alkanes of at least 4 members (excludes halogenated alkanes) is 1. The first-order chi connectivity index (χ1) is 8.76. The van der Waals surface area contributed by atoms with Gasteiger partial charge < -0.3 is 5.11 Å². The fourth-order valence-electron chi connectivity index (χ4n) is 2.45. The number of hydrogen-bond donors (Lipinski definition) is 1. The number of aryl methyl sites for hydroxylation is 1. The molecule has 1 aromatic rings. The minimum Gasteiger partial charge on any atom is -0.393 e. The van der Waals surface area contributed by atoms with Crippen LogP contribution in [0.3, 0.4) is 0 Å². The van der Waals surface area contributed by atoms with Crippen LogP contribution in [0.2, 0.25) is 0 Å².